The van der Waals surface area contributed by atoms with E-state index in [1.807, 2.05) is 13.0 Å². The van der Waals surface area contributed by atoms with E-state index in [0.717, 1.165) is 18.2 Å². The minimum atomic E-state index is 0.870. The van der Waals surface area contributed by atoms with Gasteiger partial charge in [-0.1, -0.05) is 0 Å². The molecule has 0 heterocycles. The van der Waals surface area contributed by atoms with Crippen molar-refractivity contribution in [1.82, 2.24) is 0 Å². The van der Waals surface area contributed by atoms with Crippen molar-refractivity contribution in [2.75, 3.05) is 6.54 Å². The van der Waals surface area contributed by atoms with E-state index in [0.29, 0.717) is 0 Å². The lowest BCUT2D eigenvalue weighted by atomic mass is 10.4. The molecule has 0 spiro atoms. The highest BCUT2D eigenvalue weighted by Gasteiger charge is 2.19. The molecule has 11 heavy (non-hydrogen) atoms. The topological polar surface area (TPSA) is 24.7 Å². The van der Waals surface area contributed by atoms with Gasteiger partial charge in [-0.3, -0.25) is 9.98 Å². The van der Waals surface area contributed by atoms with E-state index in [-0.39, 0.29) is 0 Å². The van der Waals surface area contributed by atoms with Gasteiger partial charge in [0.25, 0.3) is 0 Å². The van der Waals surface area contributed by atoms with Gasteiger partial charge in [0.2, 0.25) is 0 Å². The second-order valence-corrected chi connectivity index (χ2v) is 2.92. The third kappa shape index (κ3) is 3.71. The molecule has 2 nitrogen and oxygen atoms in total. The summed E-state index contributed by atoms with van der Waals surface area (Å²) in [7, 11) is 0. The fourth-order valence-electron chi connectivity index (χ4n) is 0.787. The molecule has 1 rings (SSSR count). The Hall–Kier alpha value is -0.920. The van der Waals surface area contributed by atoms with Crippen molar-refractivity contribution in [2.45, 2.75) is 19.8 Å². The molecule has 1 fully saturated rings. The predicted molar refractivity (Wildman–Crippen MR) is 49.4 cm³/mol. The van der Waals surface area contributed by atoms with E-state index in [1.165, 1.54) is 12.8 Å². The lowest BCUT2D eigenvalue weighted by Crippen LogP contribution is -1.89. The monoisotopic (exact) mass is 150 g/mol. The molecule has 1 aliphatic carbocycles. The molecule has 0 atom stereocenters. The van der Waals surface area contributed by atoms with E-state index in [2.05, 4.69) is 16.7 Å². The first kappa shape index (κ1) is 8.18. The van der Waals surface area contributed by atoms with Crippen LogP contribution in [0.25, 0.3) is 0 Å². The molecular weight excluding hydrogens is 136 g/mol. The Morgan fingerprint density at radius 2 is 2.36 bits per heavy atom. The van der Waals surface area contributed by atoms with E-state index >= 15 is 0 Å². The number of nitrogens with zero attached hydrogens (tertiary/aromatic N) is 2. The molecule has 0 aromatic heterocycles. The summed E-state index contributed by atoms with van der Waals surface area (Å²) in [6, 6.07) is 0. The van der Waals surface area contributed by atoms with Crippen LogP contribution in [-0.2, 0) is 0 Å². The maximum absolute atomic E-state index is 4.37. The first-order chi connectivity index (χ1) is 5.33. The summed E-state index contributed by atoms with van der Waals surface area (Å²) in [5, 5.41) is 0. The third-order valence-corrected chi connectivity index (χ3v) is 1.72. The van der Waals surface area contributed by atoms with Crippen LogP contribution in [0, 0.1) is 5.92 Å². The average Bonchev–Trinajstić information content (AvgIpc) is 2.80. The van der Waals surface area contributed by atoms with Crippen molar-refractivity contribution >= 4 is 12.4 Å². The smallest absolute Gasteiger partial charge is 0.0420 e. The van der Waals surface area contributed by atoms with Crippen molar-refractivity contribution in [3.05, 3.63) is 12.3 Å². The van der Waals surface area contributed by atoms with Gasteiger partial charge < -0.3 is 0 Å². The highest BCUT2D eigenvalue weighted by molar-refractivity contribution is 5.92. The SMILES string of the molecule is C=N/C=C\C(C)=NCC1CC1. The number of hydrogen-bond donors (Lipinski definition) is 0. The fraction of sp³-hybridized carbons (Fsp3) is 0.556. The Bertz CT molecular complexity index is 188. The molecule has 1 saturated carbocycles. The van der Waals surface area contributed by atoms with E-state index in [4.69, 9.17) is 0 Å². The second kappa shape index (κ2) is 4.06. The van der Waals surface area contributed by atoms with Gasteiger partial charge in [-0.2, -0.15) is 0 Å². The van der Waals surface area contributed by atoms with Crippen LogP contribution in [0.3, 0.4) is 0 Å². The van der Waals surface area contributed by atoms with E-state index < -0.39 is 0 Å². The summed E-state index contributed by atoms with van der Waals surface area (Å²) >= 11 is 0. The van der Waals surface area contributed by atoms with Crippen LogP contribution < -0.4 is 0 Å². The first-order valence-electron chi connectivity index (χ1n) is 3.96. The summed E-state index contributed by atoms with van der Waals surface area (Å²) < 4.78 is 0. The van der Waals surface area contributed by atoms with Gasteiger partial charge in [0.15, 0.2) is 0 Å². The highest BCUT2D eigenvalue weighted by Crippen LogP contribution is 2.28. The van der Waals surface area contributed by atoms with Crippen molar-refractivity contribution in [1.29, 1.82) is 0 Å². The molecule has 2 heteroatoms. The number of allylic oxidation sites excluding steroid dienone is 1. The molecule has 1 aliphatic rings. The second-order valence-electron chi connectivity index (χ2n) is 2.92. The normalized spacial score (nSPS) is 19.2. The number of aliphatic imine (C=N–C) groups is 2. The van der Waals surface area contributed by atoms with Crippen LogP contribution in [0.1, 0.15) is 19.8 Å². The zero-order valence-electron chi connectivity index (χ0n) is 6.95. The largest absolute Gasteiger partial charge is 0.290 e. The Labute approximate surface area is 67.8 Å². The van der Waals surface area contributed by atoms with Crippen LogP contribution in [0.4, 0.5) is 0 Å². The molecule has 0 radical (unpaired) electrons. The zero-order valence-corrected chi connectivity index (χ0v) is 6.95. The molecular formula is C9H14N2. The van der Waals surface area contributed by atoms with Gasteiger partial charge in [-0.15, -0.1) is 0 Å². The van der Waals surface area contributed by atoms with Crippen LogP contribution >= 0.6 is 0 Å². The van der Waals surface area contributed by atoms with Crippen LogP contribution in [-0.4, -0.2) is 19.0 Å². The van der Waals surface area contributed by atoms with Crippen LogP contribution in [0.2, 0.25) is 0 Å². The van der Waals surface area contributed by atoms with Crippen molar-refractivity contribution < 1.29 is 0 Å². The Kier molecular flexibility index (Phi) is 3.02. The van der Waals surface area contributed by atoms with E-state index in [9.17, 15) is 0 Å². The summed E-state index contributed by atoms with van der Waals surface area (Å²) in [6.45, 7) is 6.33. The molecule has 0 saturated heterocycles. The van der Waals surface area contributed by atoms with Crippen LogP contribution in [0.15, 0.2) is 22.3 Å². The molecule has 0 bridgehead atoms. The maximum atomic E-state index is 4.37. The summed E-state index contributed by atoms with van der Waals surface area (Å²) in [4.78, 5) is 7.97. The summed E-state index contributed by atoms with van der Waals surface area (Å²) in [5.74, 6) is 0.870. The van der Waals surface area contributed by atoms with E-state index in [1.54, 1.807) is 6.20 Å². The maximum Gasteiger partial charge on any atom is 0.0420 e. The highest BCUT2D eigenvalue weighted by atomic mass is 14.7. The Morgan fingerprint density at radius 3 is 2.91 bits per heavy atom. The van der Waals surface area contributed by atoms with Gasteiger partial charge in [-0.25, -0.2) is 0 Å². The summed E-state index contributed by atoms with van der Waals surface area (Å²) in [6.07, 6.45) is 6.28. The zero-order chi connectivity index (χ0) is 8.10. The third-order valence-electron chi connectivity index (χ3n) is 1.72. The van der Waals surface area contributed by atoms with Gasteiger partial charge in [0.05, 0.1) is 0 Å². The molecule has 0 amide bonds. The number of hydrogen-bond acceptors (Lipinski definition) is 2. The predicted octanol–water partition coefficient (Wildman–Crippen LogP) is 2.07. The first-order valence-corrected chi connectivity index (χ1v) is 3.96. The molecule has 0 N–H and O–H groups in total. The molecule has 0 aromatic rings. The van der Waals surface area contributed by atoms with Crippen molar-refractivity contribution in [3.63, 3.8) is 0 Å². The van der Waals surface area contributed by atoms with Gasteiger partial charge in [-0.05, 0) is 38.5 Å². The fourth-order valence-corrected chi connectivity index (χ4v) is 0.787. The van der Waals surface area contributed by atoms with Crippen molar-refractivity contribution in [3.8, 4) is 0 Å². The minimum absolute atomic E-state index is 0.870. The lowest BCUT2D eigenvalue weighted by Gasteiger charge is -1.90. The van der Waals surface area contributed by atoms with Gasteiger partial charge in [0.1, 0.15) is 0 Å². The number of rotatable bonds is 4. The van der Waals surface area contributed by atoms with Crippen molar-refractivity contribution in [2.24, 2.45) is 15.9 Å². The van der Waals surface area contributed by atoms with Gasteiger partial charge in [0, 0.05) is 18.5 Å². The standard InChI is InChI=1S/C9H14N2/c1-8(5-6-10-2)11-7-9-3-4-9/h5-6,9H,2-4,7H2,1H3/b6-5-,11-8?. The Balaban J connectivity index is 2.24. The summed E-state index contributed by atoms with van der Waals surface area (Å²) in [5.41, 5.74) is 1.05. The van der Waals surface area contributed by atoms with Gasteiger partial charge >= 0.3 is 0 Å². The molecule has 0 aliphatic heterocycles. The van der Waals surface area contributed by atoms with Crippen LogP contribution in [0.5, 0.6) is 0 Å². The molecule has 0 aromatic carbocycles. The Morgan fingerprint density at radius 1 is 1.64 bits per heavy atom. The lowest BCUT2D eigenvalue weighted by molar-refractivity contribution is 0.848. The quantitative estimate of drug-likeness (QED) is 0.548. The minimum Gasteiger partial charge on any atom is -0.290 e. The average molecular weight is 150 g/mol. The molecule has 60 valence electrons. The molecule has 0 unspecified atom stereocenters.